The molecule has 0 fully saturated rings. The van der Waals surface area contributed by atoms with Gasteiger partial charge in [-0.15, -0.1) is 0 Å². The highest BCUT2D eigenvalue weighted by molar-refractivity contribution is 7.07. The third kappa shape index (κ3) is 4.27. The molecule has 4 heterocycles. The lowest BCUT2D eigenvalue weighted by Crippen LogP contribution is -2.40. The maximum atomic E-state index is 13.9. The number of halogens is 1. The first kappa shape index (κ1) is 25.7. The number of aromatic nitrogens is 3. The van der Waals surface area contributed by atoms with E-state index in [2.05, 4.69) is 14.5 Å². The van der Waals surface area contributed by atoms with Crippen LogP contribution in [0.15, 0.2) is 69.8 Å². The first-order chi connectivity index (χ1) is 18.2. The molecule has 4 aromatic rings. The predicted octanol–water partition coefficient (Wildman–Crippen LogP) is 3.87. The van der Waals surface area contributed by atoms with Crippen LogP contribution in [-0.2, 0) is 9.53 Å². The number of thiazole rings is 1. The molecular formula is C28H25ClN4O4S. The van der Waals surface area contributed by atoms with Crippen LogP contribution in [0.3, 0.4) is 0 Å². The number of aryl methyl sites for hydroxylation is 1. The van der Waals surface area contributed by atoms with Crippen LogP contribution in [0.25, 0.3) is 11.8 Å². The van der Waals surface area contributed by atoms with Crippen molar-refractivity contribution in [3.8, 4) is 11.4 Å². The molecular weight excluding hydrogens is 524 g/mol. The Kier molecular flexibility index (Phi) is 6.81. The van der Waals surface area contributed by atoms with Crippen molar-refractivity contribution in [2.24, 2.45) is 4.99 Å². The molecule has 3 aromatic heterocycles. The second kappa shape index (κ2) is 10.1. The standard InChI is InChI=1S/C28H25ClN4O4S/c1-15-11-18(17(3)32(15)20-7-6-10-30-14-20)12-23-26(34)33-25(21-13-19(29)8-9-22(21)36-4)24(27(35)37-5)16(2)31-28(33)38-23/h6-14,25H,1-5H3/b23-12-/t25-/m0/s1. The van der Waals surface area contributed by atoms with Gasteiger partial charge < -0.3 is 14.0 Å². The SMILES string of the molecule is COC(=O)C1=C(C)N=c2s/c(=C\c3cc(C)n(-c4cccnc4)c3C)c(=O)n2[C@H]1c1cc(Cl)ccc1OC. The molecule has 1 atom stereocenters. The van der Waals surface area contributed by atoms with Crippen LogP contribution in [0.1, 0.15) is 35.5 Å². The minimum atomic E-state index is -0.822. The van der Waals surface area contributed by atoms with E-state index in [4.69, 9.17) is 21.1 Å². The van der Waals surface area contributed by atoms with Crippen LogP contribution >= 0.6 is 22.9 Å². The molecule has 0 spiro atoms. The third-order valence-electron chi connectivity index (χ3n) is 6.57. The van der Waals surface area contributed by atoms with E-state index < -0.39 is 12.0 Å². The highest BCUT2D eigenvalue weighted by Gasteiger charge is 2.35. The molecule has 0 bridgehead atoms. The van der Waals surface area contributed by atoms with Crippen molar-refractivity contribution in [1.82, 2.24) is 14.1 Å². The molecule has 8 nitrogen and oxygen atoms in total. The topological polar surface area (TPSA) is 87.7 Å². The fourth-order valence-electron chi connectivity index (χ4n) is 4.86. The Balaban J connectivity index is 1.75. The zero-order chi connectivity index (χ0) is 27.1. The molecule has 0 aliphatic carbocycles. The summed E-state index contributed by atoms with van der Waals surface area (Å²) >= 11 is 7.61. The fourth-order valence-corrected chi connectivity index (χ4v) is 6.08. The van der Waals surface area contributed by atoms with E-state index in [-0.39, 0.29) is 11.1 Å². The fraction of sp³-hybridized carbons (Fsp3) is 0.214. The van der Waals surface area contributed by atoms with Crippen LogP contribution < -0.4 is 19.6 Å². The number of esters is 1. The summed E-state index contributed by atoms with van der Waals surface area (Å²) in [6, 6.07) is 10.2. The van der Waals surface area contributed by atoms with Gasteiger partial charge in [-0.25, -0.2) is 9.79 Å². The summed E-state index contributed by atoms with van der Waals surface area (Å²) in [5, 5.41) is 0.449. The van der Waals surface area contributed by atoms with Crippen LogP contribution in [-0.4, -0.2) is 34.3 Å². The van der Waals surface area contributed by atoms with Crippen molar-refractivity contribution in [1.29, 1.82) is 0 Å². The molecule has 1 aliphatic heterocycles. The molecule has 0 saturated heterocycles. The number of pyridine rings is 1. The number of hydrogen-bond acceptors (Lipinski definition) is 7. The van der Waals surface area contributed by atoms with Crippen molar-refractivity contribution in [2.75, 3.05) is 14.2 Å². The van der Waals surface area contributed by atoms with Gasteiger partial charge in [-0.05, 0) is 68.8 Å². The molecule has 0 radical (unpaired) electrons. The van der Waals surface area contributed by atoms with Gasteiger partial charge >= 0.3 is 5.97 Å². The van der Waals surface area contributed by atoms with Crippen LogP contribution in [0.4, 0.5) is 0 Å². The average Bonchev–Trinajstić information content (AvgIpc) is 3.37. The Hall–Kier alpha value is -3.95. The van der Waals surface area contributed by atoms with Crippen LogP contribution in [0.2, 0.25) is 5.02 Å². The van der Waals surface area contributed by atoms with Gasteiger partial charge in [0.2, 0.25) is 0 Å². The molecule has 0 amide bonds. The Morgan fingerprint density at radius 2 is 1.95 bits per heavy atom. The Morgan fingerprint density at radius 3 is 2.63 bits per heavy atom. The Labute approximate surface area is 227 Å². The van der Waals surface area contributed by atoms with E-state index in [0.29, 0.717) is 31.4 Å². The number of carbonyl (C=O) groups excluding carboxylic acids is 1. The van der Waals surface area contributed by atoms with Crippen molar-refractivity contribution < 1.29 is 14.3 Å². The summed E-state index contributed by atoms with van der Waals surface area (Å²) in [6.07, 6.45) is 5.39. The predicted molar refractivity (Wildman–Crippen MR) is 147 cm³/mol. The van der Waals surface area contributed by atoms with Gasteiger partial charge in [0.15, 0.2) is 4.80 Å². The van der Waals surface area contributed by atoms with Gasteiger partial charge in [-0.2, -0.15) is 0 Å². The normalized spacial score (nSPS) is 15.3. The molecule has 0 saturated carbocycles. The number of nitrogens with zero attached hydrogens (tertiary/aromatic N) is 4. The number of hydrogen-bond donors (Lipinski definition) is 0. The first-order valence-electron chi connectivity index (χ1n) is 11.8. The van der Waals surface area contributed by atoms with Gasteiger partial charge in [0, 0.05) is 28.2 Å². The second-order valence-corrected chi connectivity index (χ2v) is 10.3. The summed E-state index contributed by atoms with van der Waals surface area (Å²) in [7, 11) is 2.83. The van der Waals surface area contributed by atoms with E-state index >= 15 is 0 Å². The summed E-state index contributed by atoms with van der Waals surface area (Å²) < 4.78 is 14.8. The molecule has 10 heteroatoms. The number of benzene rings is 1. The Bertz CT molecular complexity index is 1780. The van der Waals surface area contributed by atoms with E-state index in [0.717, 1.165) is 22.6 Å². The average molecular weight is 549 g/mol. The van der Waals surface area contributed by atoms with Crippen molar-refractivity contribution >= 4 is 35.0 Å². The number of ether oxygens (including phenoxy) is 2. The molecule has 0 unspecified atom stereocenters. The van der Waals surface area contributed by atoms with Crippen molar-refractivity contribution in [2.45, 2.75) is 26.8 Å². The van der Waals surface area contributed by atoms with Gasteiger partial charge in [-0.1, -0.05) is 22.9 Å². The van der Waals surface area contributed by atoms with E-state index in [1.165, 1.54) is 30.1 Å². The zero-order valence-corrected chi connectivity index (χ0v) is 23.1. The molecule has 1 aromatic carbocycles. The number of allylic oxidation sites excluding steroid dienone is 1. The summed E-state index contributed by atoms with van der Waals surface area (Å²) in [4.78, 5) is 36.2. The largest absolute Gasteiger partial charge is 0.496 e. The number of carbonyl (C=O) groups is 1. The van der Waals surface area contributed by atoms with Gasteiger partial charge in [0.25, 0.3) is 5.56 Å². The van der Waals surface area contributed by atoms with Gasteiger partial charge in [0.1, 0.15) is 11.8 Å². The minimum Gasteiger partial charge on any atom is -0.496 e. The lowest BCUT2D eigenvalue weighted by atomic mass is 9.95. The van der Waals surface area contributed by atoms with Gasteiger partial charge in [0.05, 0.1) is 41.9 Å². The monoisotopic (exact) mass is 548 g/mol. The molecule has 38 heavy (non-hydrogen) atoms. The molecule has 0 N–H and O–H groups in total. The third-order valence-corrected chi connectivity index (χ3v) is 7.79. The molecule has 1 aliphatic rings. The summed E-state index contributed by atoms with van der Waals surface area (Å²) in [5.41, 5.74) is 4.83. The molecule has 5 rings (SSSR count). The smallest absolute Gasteiger partial charge is 0.338 e. The highest BCUT2D eigenvalue weighted by atomic mass is 35.5. The van der Waals surface area contributed by atoms with E-state index in [1.54, 1.807) is 37.5 Å². The van der Waals surface area contributed by atoms with Gasteiger partial charge in [-0.3, -0.25) is 14.3 Å². The zero-order valence-electron chi connectivity index (χ0n) is 21.5. The second-order valence-electron chi connectivity index (χ2n) is 8.83. The lowest BCUT2D eigenvalue weighted by molar-refractivity contribution is -0.136. The first-order valence-corrected chi connectivity index (χ1v) is 13.0. The number of fused-ring (bicyclic) bond motifs is 1. The van der Waals surface area contributed by atoms with Crippen molar-refractivity contribution in [3.05, 3.63) is 107 Å². The van der Waals surface area contributed by atoms with E-state index in [9.17, 15) is 9.59 Å². The van der Waals surface area contributed by atoms with E-state index in [1.807, 2.05) is 38.1 Å². The highest BCUT2D eigenvalue weighted by Crippen LogP contribution is 2.37. The van der Waals surface area contributed by atoms with Crippen LogP contribution in [0.5, 0.6) is 5.75 Å². The minimum absolute atomic E-state index is 0.252. The maximum absolute atomic E-state index is 13.9. The summed E-state index contributed by atoms with van der Waals surface area (Å²) in [6.45, 7) is 5.74. The molecule has 194 valence electrons. The number of methoxy groups -OCH3 is 2. The quantitative estimate of drug-likeness (QED) is 0.353. The van der Waals surface area contributed by atoms with Crippen molar-refractivity contribution in [3.63, 3.8) is 0 Å². The maximum Gasteiger partial charge on any atom is 0.338 e. The Morgan fingerprint density at radius 1 is 1.16 bits per heavy atom. The van der Waals surface area contributed by atoms with Crippen LogP contribution in [0, 0.1) is 13.8 Å². The lowest BCUT2D eigenvalue weighted by Gasteiger charge is -2.25. The number of rotatable bonds is 5. The summed E-state index contributed by atoms with van der Waals surface area (Å²) in [5.74, 6) is -0.0855.